The molecule has 1 aliphatic rings. The molecule has 1 saturated carbocycles. The smallest absolute Gasteiger partial charge is 0.123 e. The highest BCUT2D eigenvalue weighted by Crippen LogP contribution is 2.38. The summed E-state index contributed by atoms with van der Waals surface area (Å²) in [5.74, 6) is 0.661. The Morgan fingerprint density at radius 2 is 1.82 bits per heavy atom. The molecular weight excluding hydrogens is 213 g/mol. The van der Waals surface area contributed by atoms with Crippen molar-refractivity contribution >= 4 is 0 Å². The first-order valence-corrected chi connectivity index (χ1v) is 6.69. The van der Waals surface area contributed by atoms with E-state index in [9.17, 15) is 4.39 Å². The van der Waals surface area contributed by atoms with Crippen LogP contribution in [-0.4, -0.2) is 0 Å². The molecule has 94 valence electrons. The zero-order valence-electron chi connectivity index (χ0n) is 10.6. The van der Waals surface area contributed by atoms with E-state index in [1.165, 1.54) is 37.8 Å². The van der Waals surface area contributed by atoms with Crippen molar-refractivity contribution in [3.63, 3.8) is 0 Å². The summed E-state index contributed by atoms with van der Waals surface area (Å²) in [6.45, 7) is 2.24. The van der Waals surface area contributed by atoms with E-state index in [0.29, 0.717) is 0 Å². The van der Waals surface area contributed by atoms with Crippen LogP contribution in [0.15, 0.2) is 24.3 Å². The van der Waals surface area contributed by atoms with E-state index in [0.717, 1.165) is 24.3 Å². The van der Waals surface area contributed by atoms with Crippen LogP contribution in [0.2, 0.25) is 0 Å². The Morgan fingerprint density at radius 1 is 1.24 bits per heavy atom. The first kappa shape index (κ1) is 12.6. The number of hydrogen-bond donors (Lipinski definition) is 1. The Hall–Kier alpha value is -0.890. The highest BCUT2D eigenvalue weighted by atomic mass is 19.1. The molecule has 17 heavy (non-hydrogen) atoms. The van der Waals surface area contributed by atoms with Crippen molar-refractivity contribution in [2.45, 2.75) is 51.0 Å². The van der Waals surface area contributed by atoms with Gasteiger partial charge in [-0.05, 0) is 49.3 Å². The Morgan fingerprint density at radius 3 is 2.35 bits per heavy atom. The lowest BCUT2D eigenvalue weighted by molar-refractivity contribution is 0.226. The summed E-state index contributed by atoms with van der Waals surface area (Å²) in [5.41, 5.74) is 7.33. The van der Waals surface area contributed by atoms with E-state index in [1.807, 2.05) is 12.1 Å². The summed E-state index contributed by atoms with van der Waals surface area (Å²) in [4.78, 5) is 0. The predicted octanol–water partition coefficient (Wildman–Crippen LogP) is 3.97. The van der Waals surface area contributed by atoms with Gasteiger partial charge < -0.3 is 5.73 Å². The van der Waals surface area contributed by atoms with Gasteiger partial charge in [0.1, 0.15) is 5.82 Å². The van der Waals surface area contributed by atoms with E-state index in [1.54, 1.807) is 0 Å². The molecule has 2 heteroatoms. The zero-order valence-corrected chi connectivity index (χ0v) is 10.6. The molecule has 0 aliphatic heterocycles. The van der Waals surface area contributed by atoms with Gasteiger partial charge >= 0.3 is 0 Å². The molecule has 0 heterocycles. The number of hydrogen-bond acceptors (Lipinski definition) is 1. The van der Waals surface area contributed by atoms with Gasteiger partial charge in [0, 0.05) is 5.54 Å². The third-order valence-corrected chi connectivity index (χ3v) is 4.11. The average Bonchev–Trinajstić information content (AvgIpc) is 2.33. The van der Waals surface area contributed by atoms with E-state index < -0.39 is 0 Å². The molecule has 2 rings (SSSR count). The molecule has 1 nitrogen and oxygen atoms in total. The molecule has 0 amide bonds. The Balaban J connectivity index is 2.04. The van der Waals surface area contributed by atoms with Crippen molar-refractivity contribution in [3.8, 4) is 0 Å². The summed E-state index contributed by atoms with van der Waals surface area (Å²) >= 11 is 0. The summed E-state index contributed by atoms with van der Waals surface area (Å²) < 4.78 is 12.9. The molecule has 1 aromatic carbocycles. The summed E-state index contributed by atoms with van der Waals surface area (Å²) in [6, 6.07) is 6.72. The molecule has 1 fully saturated rings. The van der Waals surface area contributed by atoms with Gasteiger partial charge in [0.25, 0.3) is 0 Å². The molecule has 1 aliphatic carbocycles. The normalized spacial score (nSPS) is 29.2. The van der Waals surface area contributed by atoms with Gasteiger partial charge in [-0.2, -0.15) is 0 Å². The van der Waals surface area contributed by atoms with Gasteiger partial charge in [0.2, 0.25) is 0 Å². The van der Waals surface area contributed by atoms with Gasteiger partial charge in [0.15, 0.2) is 0 Å². The van der Waals surface area contributed by atoms with Crippen LogP contribution in [0, 0.1) is 11.7 Å². The maximum absolute atomic E-state index is 12.9. The van der Waals surface area contributed by atoms with Crippen LogP contribution < -0.4 is 5.73 Å². The van der Waals surface area contributed by atoms with Gasteiger partial charge in [-0.25, -0.2) is 4.39 Å². The van der Waals surface area contributed by atoms with Crippen molar-refractivity contribution < 1.29 is 4.39 Å². The van der Waals surface area contributed by atoms with Crippen LogP contribution in [0.1, 0.15) is 51.0 Å². The highest BCUT2D eigenvalue weighted by molar-refractivity contribution is 5.25. The summed E-state index contributed by atoms with van der Waals surface area (Å²) in [5, 5.41) is 0. The first-order chi connectivity index (χ1) is 8.14. The van der Waals surface area contributed by atoms with Crippen LogP contribution in [0.4, 0.5) is 4.39 Å². The van der Waals surface area contributed by atoms with Crippen LogP contribution >= 0.6 is 0 Å². The Labute approximate surface area is 103 Å². The number of nitrogens with two attached hydrogens (primary N) is 1. The van der Waals surface area contributed by atoms with Gasteiger partial charge in [-0.3, -0.25) is 0 Å². The quantitative estimate of drug-likeness (QED) is 0.843. The monoisotopic (exact) mass is 235 g/mol. The number of rotatable bonds is 3. The highest BCUT2D eigenvalue weighted by Gasteiger charge is 2.32. The minimum absolute atomic E-state index is 0.183. The topological polar surface area (TPSA) is 26.0 Å². The van der Waals surface area contributed by atoms with Crippen molar-refractivity contribution in [2.24, 2.45) is 11.7 Å². The fourth-order valence-corrected chi connectivity index (χ4v) is 2.96. The third-order valence-electron chi connectivity index (χ3n) is 4.11. The average molecular weight is 235 g/mol. The number of halogens is 1. The lowest BCUT2D eigenvalue weighted by atomic mass is 9.72. The van der Waals surface area contributed by atoms with E-state index >= 15 is 0 Å². The van der Waals surface area contributed by atoms with Crippen LogP contribution in [-0.2, 0) is 5.54 Å². The first-order valence-electron chi connectivity index (χ1n) is 6.69. The largest absolute Gasteiger partial charge is 0.321 e. The van der Waals surface area contributed by atoms with Crippen molar-refractivity contribution in [3.05, 3.63) is 35.6 Å². The standard InChI is InChI=1S/C15H22FN/c1-2-3-12-8-10-15(17,11-9-12)13-4-6-14(16)7-5-13/h4-7,12H,2-3,8-11,17H2,1H3. The Kier molecular flexibility index (Phi) is 3.82. The van der Waals surface area contributed by atoms with Crippen molar-refractivity contribution in [1.29, 1.82) is 0 Å². The molecule has 0 atom stereocenters. The summed E-state index contributed by atoms with van der Waals surface area (Å²) in [6.07, 6.45) is 7.06. The van der Waals surface area contributed by atoms with E-state index in [-0.39, 0.29) is 11.4 Å². The maximum Gasteiger partial charge on any atom is 0.123 e. The second-order valence-electron chi connectivity index (χ2n) is 5.40. The molecular formula is C15H22FN. The predicted molar refractivity (Wildman–Crippen MR) is 69.1 cm³/mol. The minimum Gasteiger partial charge on any atom is -0.321 e. The van der Waals surface area contributed by atoms with Crippen LogP contribution in [0.3, 0.4) is 0 Å². The molecule has 0 spiro atoms. The second kappa shape index (κ2) is 5.18. The molecule has 0 saturated heterocycles. The van der Waals surface area contributed by atoms with Crippen LogP contribution in [0.25, 0.3) is 0 Å². The van der Waals surface area contributed by atoms with Gasteiger partial charge in [0.05, 0.1) is 0 Å². The molecule has 2 N–H and O–H groups in total. The number of benzene rings is 1. The maximum atomic E-state index is 12.9. The van der Waals surface area contributed by atoms with E-state index in [4.69, 9.17) is 5.73 Å². The van der Waals surface area contributed by atoms with Crippen LogP contribution in [0.5, 0.6) is 0 Å². The van der Waals surface area contributed by atoms with Crippen molar-refractivity contribution in [1.82, 2.24) is 0 Å². The SMILES string of the molecule is CCCC1CCC(N)(c2ccc(F)cc2)CC1. The molecule has 0 unspecified atom stereocenters. The molecule has 0 aromatic heterocycles. The minimum atomic E-state index is -0.224. The Bertz CT molecular complexity index is 350. The lowest BCUT2D eigenvalue weighted by Crippen LogP contribution is -2.40. The van der Waals surface area contributed by atoms with Crippen molar-refractivity contribution in [2.75, 3.05) is 0 Å². The third kappa shape index (κ3) is 2.86. The summed E-state index contributed by atoms with van der Waals surface area (Å²) in [7, 11) is 0. The molecule has 0 radical (unpaired) electrons. The molecule has 0 bridgehead atoms. The van der Waals surface area contributed by atoms with Gasteiger partial charge in [-0.15, -0.1) is 0 Å². The fraction of sp³-hybridized carbons (Fsp3) is 0.600. The fourth-order valence-electron chi connectivity index (χ4n) is 2.96. The molecule has 1 aromatic rings. The van der Waals surface area contributed by atoms with Gasteiger partial charge in [-0.1, -0.05) is 31.9 Å². The van der Waals surface area contributed by atoms with E-state index in [2.05, 4.69) is 6.92 Å². The zero-order chi connectivity index (χ0) is 12.3. The second-order valence-corrected chi connectivity index (χ2v) is 5.40. The lowest BCUT2D eigenvalue weighted by Gasteiger charge is -2.37.